The molecule has 10 heteroatoms. The van der Waals surface area contributed by atoms with Gasteiger partial charge in [-0.2, -0.15) is 0 Å². The summed E-state index contributed by atoms with van der Waals surface area (Å²) in [5.41, 5.74) is 5.59. The van der Waals surface area contributed by atoms with Crippen molar-refractivity contribution in [3.8, 4) is 22.9 Å². The first-order valence-electron chi connectivity index (χ1n) is 9.58. The Morgan fingerprint density at radius 3 is 2.25 bits per heavy atom. The predicted molar refractivity (Wildman–Crippen MR) is 112 cm³/mol. The van der Waals surface area contributed by atoms with Crippen molar-refractivity contribution >= 4 is 11.8 Å². The topological polar surface area (TPSA) is 148 Å². The number of amides is 2. The minimum absolute atomic E-state index is 0.0287. The molecule has 0 saturated heterocycles. The van der Waals surface area contributed by atoms with E-state index in [0.29, 0.717) is 17.1 Å². The Morgan fingerprint density at radius 2 is 1.69 bits per heavy atom. The average molecular weight is 440 g/mol. The SMILES string of the molecule is CC(NC(=O)c1cc([C@H](O)CO)nc(-c2ccc(Oc3ccc(F)cc3)cc2)n1)C(N)=O. The molecule has 0 radical (unpaired) electrons. The monoisotopic (exact) mass is 440 g/mol. The molecule has 32 heavy (non-hydrogen) atoms. The molecule has 2 amide bonds. The molecule has 0 aliphatic carbocycles. The van der Waals surface area contributed by atoms with Gasteiger partial charge in [0.1, 0.15) is 35.2 Å². The number of nitrogens with zero attached hydrogens (tertiary/aromatic N) is 2. The summed E-state index contributed by atoms with van der Waals surface area (Å²) in [6.45, 7) is 0.811. The summed E-state index contributed by atoms with van der Waals surface area (Å²) in [5, 5.41) is 21.7. The maximum Gasteiger partial charge on any atom is 0.270 e. The zero-order chi connectivity index (χ0) is 23.3. The van der Waals surface area contributed by atoms with Gasteiger partial charge >= 0.3 is 0 Å². The van der Waals surface area contributed by atoms with Gasteiger partial charge in [-0.25, -0.2) is 14.4 Å². The first kappa shape index (κ1) is 22.8. The van der Waals surface area contributed by atoms with Crippen LogP contribution in [0, 0.1) is 5.82 Å². The molecule has 166 valence electrons. The van der Waals surface area contributed by atoms with Gasteiger partial charge in [-0.1, -0.05) is 0 Å². The Kier molecular flexibility index (Phi) is 7.08. The van der Waals surface area contributed by atoms with Crippen LogP contribution >= 0.6 is 0 Å². The molecule has 0 saturated carbocycles. The van der Waals surface area contributed by atoms with Gasteiger partial charge in [-0.15, -0.1) is 0 Å². The lowest BCUT2D eigenvalue weighted by Crippen LogP contribution is -2.42. The van der Waals surface area contributed by atoms with E-state index in [1.807, 2.05) is 0 Å². The number of rotatable bonds is 8. The molecular formula is C22H21FN4O5. The lowest BCUT2D eigenvalue weighted by molar-refractivity contribution is -0.119. The summed E-state index contributed by atoms with van der Waals surface area (Å²) >= 11 is 0. The van der Waals surface area contributed by atoms with E-state index in [-0.39, 0.29) is 23.0 Å². The molecule has 0 fully saturated rings. The van der Waals surface area contributed by atoms with E-state index in [1.54, 1.807) is 24.3 Å². The highest BCUT2D eigenvalue weighted by Gasteiger charge is 2.19. The van der Waals surface area contributed by atoms with Crippen LogP contribution in [0.5, 0.6) is 11.5 Å². The van der Waals surface area contributed by atoms with E-state index in [0.717, 1.165) is 0 Å². The third kappa shape index (κ3) is 5.62. The van der Waals surface area contributed by atoms with E-state index in [1.165, 1.54) is 37.3 Å². The zero-order valence-corrected chi connectivity index (χ0v) is 17.0. The van der Waals surface area contributed by atoms with E-state index in [2.05, 4.69) is 15.3 Å². The fourth-order valence-electron chi connectivity index (χ4n) is 2.63. The second kappa shape index (κ2) is 9.94. The summed E-state index contributed by atoms with van der Waals surface area (Å²) in [6.07, 6.45) is -1.34. The Labute approximate surface area is 182 Å². The van der Waals surface area contributed by atoms with E-state index >= 15 is 0 Å². The fourth-order valence-corrected chi connectivity index (χ4v) is 2.63. The molecule has 2 atom stereocenters. The van der Waals surface area contributed by atoms with Crippen molar-refractivity contribution < 1.29 is 28.9 Å². The minimum Gasteiger partial charge on any atom is -0.457 e. The Morgan fingerprint density at radius 1 is 1.09 bits per heavy atom. The molecule has 0 aliphatic rings. The van der Waals surface area contributed by atoms with Crippen molar-refractivity contribution in [2.45, 2.75) is 19.1 Å². The first-order valence-corrected chi connectivity index (χ1v) is 9.58. The van der Waals surface area contributed by atoms with Gasteiger partial charge in [0.25, 0.3) is 5.91 Å². The maximum atomic E-state index is 13.0. The molecule has 1 unspecified atom stereocenters. The Hall–Kier alpha value is -3.89. The maximum absolute atomic E-state index is 13.0. The molecule has 9 nitrogen and oxygen atoms in total. The summed E-state index contributed by atoms with van der Waals surface area (Å²) < 4.78 is 18.7. The number of benzene rings is 2. The largest absolute Gasteiger partial charge is 0.457 e. The molecule has 0 spiro atoms. The summed E-state index contributed by atoms with van der Waals surface area (Å²) in [4.78, 5) is 32.1. The smallest absolute Gasteiger partial charge is 0.270 e. The lowest BCUT2D eigenvalue weighted by atomic mass is 10.1. The number of hydrogen-bond donors (Lipinski definition) is 4. The van der Waals surface area contributed by atoms with Gasteiger partial charge < -0.3 is 26.0 Å². The number of nitrogens with two attached hydrogens (primary N) is 1. The number of aliphatic hydroxyl groups excluding tert-OH is 2. The van der Waals surface area contributed by atoms with Crippen LogP contribution in [0.1, 0.15) is 29.2 Å². The van der Waals surface area contributed by atoms with E-state index < -0.39 is 30.6 Å². The fraction of sp³-hybridized carbons (Fsp3) is 0.182. The number of carbonyl (C=O) groups is 2. The number of halogens is 1. The second-order valence-electron chi connectivity index (χ2n) is 6.88. The van der Waals surface area contributed by atoms with Crippen molar-refractivity contribution in [2.24, 2.45) is 5.73 Å². The normalized spacial score (nSPS) is 12.6. The third-order valence-corrected chi connectivity index (χ3v) is 4.43. The van der Waals surface area contributed by atoms with E-state index in [9.17, 15) is 24.2 Å². The van der Waals surface area contributed by atoms with Crippen LogP contribution < -0.4 is 15.8 Å². The highest BCUT2D eigenvalue weighted by atomic mass is 19.1. The Bertz CT molecular complexity index is 1110. The molecular weight excluding hydrogens is 419 g/mol. The summed E-state index contributed by atoms with van der Waals surface area (Å²) in [6, 6.07) is 12.4. The van der Waals surface area contributed by atoms with Gasteiger partial charge in [0.2, 0.25) is 5.91 Å². The number of ether oxygens (including phenoxy) is 1. The van der Waals surface area contributed by atoms with Crippen molar-refractivity contribution in [3.05, 3.63) is 71.8 Å². The lowest BCUT2D eigenvalue weighted by Gasteiger charge is -2.13. The van der Waals surface area contributed by atoms with Crippen LogP contribution in [-0.4, -0.2) is 44.6 Å². The van der Waals surface area contributed by atoms with Gasteiger partial charge in [0.05, 0.1) is 12.3 Å². The molecule has 0 bridgehead atoms. The van der Waals surface area contributed by atoms with Gasteiger partial charge in [0, 0.05) is 5.56 Å². The molecule has 3 aromatic rings. The molecule has 2 aromatic carbocycles. The predicted octanol–water partition coefficient (Wildman–Crippen LogP) is 1.70. The number of primary amides is 1. The molecule has 0 aliphatic heterocycles. The van der Waals surface area contributed by atoms with Crippen LogP contribution in [0.15, 0.2) is 54.6 Å². The van der Waals surface area contributed by atoms with Crippen LogP contribution in [0.4, 0.5) is 4.39 Å². The van der Waals surface area contributed by atoms with Crippen LogP contribution in [0.3, 0.4) is 0 Å². The second-order valence-corrected chi connectivity index (χ2v) is 6.88. The molecule has 1 heterocycles. The number of aliphatic hydroxyl groups is 2. The van der Waals surface area contributed by atoms with Crippen molar-refractivity contribution in [2.75, 3.05) is 6.61 Å². The number of nitrogens with one attached hydrogen (secondary N) is 1. The van der Waals surface area contributed by atoms with Crippen molar-refractivity contribution in [3.63, 3.8) is 0 Å². The summed E-state index contributed by atoms with van der Waals surface area (Å²) in [5.74, 6) is -0.756. The number of carbonyl (C=O) groups excluding carboxylic acids is 2. The quantitative estimate of drug-likeness (QED) is 0.417. The average Bonchev–Trinajstić information content (AvgIpc) is 2.80. The summed E-state index contributed by atoms with van der Waals surface area (Å²) in [7, 11) is 0. The highest BCUT2D eigenvalue weighted by Crippen LogP contribution is 2.25. The number of hydrogen-bond acceptors (Lipinski definition) is 7. The van der Waals surface area contributed by atoms with Crippen molar-refractivity contribution in [1.29, 1.82) is 0 Å². The van der Waals surface area contributed by atoms with Gasteiger partial charge in [-0.05, 0) is 61.5 Å². The third-order valence-electron chi connectivity index (χ3n) is 4.43. The molecule has 3 rings (SSSR count). The minimum atomic E-state index is -1.34. The Balaban J connectivity index is 1.89. The standard InChI is InChI=1S/C22H21FN4O5/c1-12(20(24)30)25-22(31)18-10-17(19(29)11-28)26-21(27-18)13-2-6-15(7-3-13)32-16-8-4-14(23)5-9-16/h2-10,12,19,28-29H,11H2,1H3,(H2,24,30)(H,25,31)/t12?,19-/m1/s1. The number of aromatic nitrogens is 2. The van der Waals surface area contributed by atoms with Crippen LogP contribution in [-0.2, 0) is 4.79 Å². The first-order chi connectivity index (χ1) is 15.3. The van der Waals surface area contributed by atoms with Gasteiger partial charge in [-0.3, -0.25) is 9.59 Å². The van der Waals surface area contributed by atoms with Crippen LogP contribution in [0.25, 0.3) is 11.4 Å². The molecule has 5 N–H and O–H groups in total. The van der Waals surface area contributed by atoms with Crippen LogP contribution in [0.2, 0.25) is 0 Å². The van der Waals surface area contributed by atoms with Gasteiger partial charge in [0.15, 0.2) is 5.82 Å². The highest BCUT2D eigenvalue weighted by molar-refractivity contribution is 5.96. The van der Waals surface area contributed by atoms with E-state index in [4.69, 9.17) is 10.5 Å². The van der Waals surface area contributed by atoms with Crippen molar-refractivity contribution in [1.82, 2.24) is 15.3 Å². The zero-order valence-electron chi connectivity index (χ0n) is 17.0. The molecule has 1 aromatic heterocycles.